The van der Waals surface area contributed by atoms with E-state index in [9.17, 15) is 9.59 Å². The molecule has 110 valence electrons. The van der Waals surface area contributed by atoms with Gasteiger partial charge in [0.1, 0.15) is 18.0 Å². The molecule has 1 aromatic heterocycles. The number of anilines is 1. The molecule has 0 fully saturated rings. The van der Waals surface area contributed by atoms with Gasteiger partial charge in [0, 0.05) is 12.8 Å². The van der Waals surface area contributed by atoms with Crippen LogP contribution in [-0.4, -0.2) is 35.7 Å². The van der Waals surface area contributed by atoms with E-state index in [-0.39, 0.29) is 18.2 Å². The fraction of sp³-hybridized carbons (Fsp3) is 0.500. The molecule has 0 aliphatic carbocycles. The van der Waals surface area contributed by atoms with Crippen LogP contribution in [0.5, 0.6) is 0 Å². The van der Waals surface area contributed by atoms with Crippen molar-refractivity contribution in [2.75, 3.05) is 18.5 Å². The average Bonchev–Trinajstić information content (AvgIpc) is 2.34. The lowest BCUT2D eigenvalue weighted by atomic mass is 10.2. The molecule has 0 atom stereocenters. The van der Waals surface area contributed by atoms with Crippen LogP contribution >= 0.6 is 0 Å². The standard InChI is InChI=1S/C14H20N2O4/c1-5-19-9-11(17)10-7-6-8-15-12(10)16-13(18)20-14(2,3)4/h6-8H,5,9H2,1-4H3,(H,15,16,18). The number of pyridine rings is 1. The second-order valence-electron chi connectivity index (χ2n) is 5.09. The molecule has 1 heterocycles. The summed E-state index contributed by atoms with van der Waals surface area (Å²) in [5.74, 6) is -0.0718. The lowest BCUT2D eigenvalue weighted by molar-refractivity contribution is 0.0635. The Kier molecular flexibility index (Phi) is 5.64. The predicted octanol–water partition coefficient (Wildman–Crippen LogP) is 2.65. The van der Waals surface area contributed by atoms with Gasteiger partial charge in [-0.15, -0.1) is 0 Å². The minimum Gasteiger partial charge on any atom is -0.444 e. The zero-order chi connectivity index (χ0) is 15.2. The molecule has 0 aliphatic rings. The van der Waals surface area contributed by atoms with Crippen molar-refractivity contribution in [2.45, 2.75) is 33.3 Å². The molecule has 1 aromatic rings. The molecular weight excluding hydrogens is 260 g/mol. The van der Waals surface area contributed by atoms with E-state index in [0.717, 1.165) is 0 Å². The zero-order valence-electron chi connectivity index (χ0n) is 12.2. The number of Topliss-reactive ketones (excluding diaryl/α,β-unsaturated/α-hetero) is 1. The van der Waals surface area contributed by atoms with Crippen molar-refractivity contribution >= 4 is 17.7 Å². The van der Waals surface area contributed by atoms with E-state index >= 15 is 0 Å². The summed E-state index contributed by atoms with van der Waals surface area (Å²) in [7, 11) is 0. The number of rotatable bonds is 5. The quantitative estimate of drug-likeness (QED) is 0.839. The van der Waals surface area contributed by atoms with Gasteiger partial charge >= 0.3 is 6.09 Å². The highest BCUT2D eigenvalue weighted by molar-refractivity contribution is 6.03. The van der Waals surface area contributed by atoms with Crippen molar-refractivity contribution in [3.8, 4) is 0 Å². The summed E-state index contributed by atoms with van der Waals surface area (Å²) >= 11 is 0. The lowest BCUT2D eigenvalue weighted by Crippen LogP contribution is -2.28. The topological polar surface area (TPSA) is 77.5 Å². The summed E-state index contributed by atoms with van der Waals surface area (Å²) in [5.41, 5.74) is -0.319. The fourth-order valence-electron chi connectivity index (χ4n) is 1.40. The third-order valence-corrected chi connectivity index (χ3v) is 2.16. The Bertz CT molecular complexity index is 480. The molecule has 0 saturated heterocycles. The molecule has 0 radical (unpaired) electrons. The third kappa shape index (κ3) is 5.36. The Morgan fingerprint density at radius 2 is 2.05 bits per heavy atom. The van der Waals surface area contributed by atoms with Gasteiger partial charge in [-0.3, -0.25) is 10.1 Å². The van der Waals surface area contributed by atoms with E-state index in [4.69, 9.17) is 9.47 Å². The Labute approximate surface area is 118 Å². The minimum atomic E-state index is -0.651. The Morgan fingerprint density at radius 1 is 1.35 bits per heavy atom. The normalized spacial score (nSPS) is 11.0. The summed E-state index contributed by atoms with van der Waals surface area (Å²) < 4.78 is 10.2. The molecule has 0 saturated carbocycles. The minimum absolute atomic E-state index is 0.0504. The predicted molar refractivity (Wildman–Crippen MR) is 74.9 cm³/mol. The third-order valence-electron chi connectivity index (χ3n) is 2.16. The van der Waals surface area contributed by atoms with Gasteiger partial charge in [0.25, 0.3) is 0 Å². The van der Waals surface area contributed by atoms with Crippen molar-refractivity contribution in [1.29, 1.82) is 0 Å². The molecule has 0 spiro atoms. The second kappa shape index (κ2) is 7.00. The molecule has 6 heteroatoms. The van der Waals surface area contributed by atoms with E-state index in [2.05, 4.69) is 10.3 Å². The molecule has 1 N–H and O–H groups in total. The Balaban J connectivity index is 2.80. The van der Waals surface area contributed by atoms with Crippen molar-refractivity contribution in [3.63, 3.8) is 0 Å². The number of ether oxygens (including phenoxy) is 2. The molecule has 20 heavy (non-hydrogen) atoms. The molecule has 1 amide bonds. The van der Waals surface area contributed by atoms with Crippen LogP contribution in [0.2, 0.25) is 0 Å². The average molecular weight is 280 g/mol. The van der Waals surface area contributed by atoms with Gasteiger partial charge in [0.2, 0.25) is 0 Å². The maximum Gasteiger partial charge on any atom is 0.413 e. The first-order valence-electron chi connectivity index (χ1n) is 6.39. The van der Waals surface area contributed by atoms with E-state index in [1.165, 1.54) is 6.20 Å². The van der Waals surface area contributed by atoms with Crippen LogP contribution in [0, 0.1) is 0 Å². The first-order valence-corrected chi connectivity index (χ1v) is 6.39. The number of carbonyl (C=O) groups is 2. The first-order chi connectivity index (χ1) is 9.33. The summed E-state index contributed by atoms with van der Waals surface area (Å²) in [4.78, 5) is 27.6. The summed E-state index contributed by atoms with van der Waals surface area (Å²) in [6.45, 7) is 7.47. The highest BCUT2D eigenvalue weighted by Gasteiger charge is 2.19. The second-order valence-corrected chi connectivity index (χ2v) is 5.09. The SMILES string of the molecule is CCOCC(=O)c1cccnc1NC(=O)OC(C)(C)C. The van der Waals surface area contributed by atoms with Gasteiger partial charge < -0.3 is 9.47 Å². The molecule has 0 aliphatic heterocycles. The van der Waals surface area contributed by atoms with E-state index in [1.807, 2.05) is 0 Å². The number of amides is 1. The lowest BCUT2D eigenvalue weighted by Gasteiger charge is -2.19. The highest BCUT2D eigenvalue weighted by Crippen LogP contribution is 2.15. The van der Waals surface area contributed by atoms with Crippen molar-refractivity contribution < 1.29 is 19.1 Å². The summed E-state index contributed by atoms with van der Waals surface area (Å²) in [6.07, 6.45) is 0.839. The number of ketones is 1. The van der Waals surface area contributed by atoms with E-state index < -0.39 is 11.7 Å². The van der Waals surface area contributed by atoms with Gasteiger partial charge in [-0.1, -0.05) is 0 Å². The van der Waals surface area contributed by atoms with Crippen LogP contribution in [-0.2, 0) is 9.47 Å². The van der Waals surface area contributed by atoms with Crippen LogP contribution in [0.4, 0.5) is 10.6 Å². The number of nitrogens with zero attached hydrogens (tertiary/aromatic N) is 1. The molecular formula is C14H20N2O4. The maximum absolute atomic E-state index is 11.9. The number of carbonyl (C=O) groups excluding carboxylic acids is 2. The number of hydrogen-bond acceptors (Lipinski definition) is 5. The zero-order valence-corrected chi connectivity index (χ0v) is 12.2. The van der Waals surface area contributed by atoms with Crippen LogP contribution in [0.25, 0.3) is 0 Å². The first kappa shape index (κ1) is 16.1. The van der Waals surface area contributed by atoms with Crippen molar-refractivity contribution in [1.82, 2.24) is 4.98 Å². The molecule has 0 aromatic carbocycles. The van der Waals surface area contributed by atoms with Gasteiger partial charge in [-0.05, 0) is 39.8 Å². The van der Waals surface area contributed by atoms with Crippen molar-refractivity contribution in [2.24, 2.45) is 0 Å². The summed E-state index contributed by atoms with van der Waals surface area (Å²) in [5, 5.41) is 2.48. The molecule has 1 rings (SSSR count). The van der Waals surface area contributed by atoms with Gasteiger partial charge in [0.15, 0.2) is 5.78 Å². The fourth-order valence-corrected chi connectivity index (χ4v) is 1.40. The van der Waals surface area contributed by atoms with Crippen molar-refractivity contribution in [3.05, 3.63) is 23.9 Å². The van der Waals surface area contributed by atoms with Crippen LogP contribution in [0.1, 0.15) is 38.1 Å². The monoisotopic (exact) mass is 280 g/mol. The Morgan fingerprint density at radius 3 is 2.65 bits per heavy atom. The largest absolute Gasteiger partial charge is 0.444 e. The summed E-state index contributed by atoms with van der Waals surface area (Å²) in [6, 6.07) is 3.21. The van der Waals surface area contributed by atoms with E-state index in [0.29, 0.717) is 12.2 Å². The molecule has 0 bridgehead atoms. The van der Waals surface area contributed by atoms with Crippen LogP contribution in [0.3, 0.4) is 0 Å². The molecule has 0 unspecified atom stereocenters. The maximum atomic E-state index is 11.9. The number of aromatic nitrogens is 1. The van der Waals surface area contributed by atoms with Crippen LogP contribution < -0.4 is 5.32 Å². The van der Waals surface area contributed by atoms with Gasteiger partial charge in [-0.25, -0.2) is 9.78 Å². The molecule has 6 nitrogen and oxygen atoms in total. The number of nitrogens with one attached hydrogen (secondary N) is 1. The smallest absolute Gasteiger partial charge is 0.413 e. The van der Waals surface area contributed by atoms with Gasteiger partial charge in [0.05, 0.1) is 5.56 Å². The number of hydrogen-bond donors (Lipinski definition) is 1. The van der Waals surface area contributed by atoms with E-state index in [1.54, 1.807) is 39.8 Å². The van der Waals surface area contributed by atoms with Gasteiger partial charge in [-0.2, -0.15) is 0 Å². The van der Waals surface area contributed by atoms with Crippen LogP contribution in [0.15, 0.2) is 18.3 Å². The Hall–Kier alpha value is -1.95. The highest BCUT2D eigenvalue weighted by atomic mass is 16.6.